The van der Waals surface area contributed by atoms with E-state index >= 15 is 0 Å². The monoisotopic (exact) mass is 398 g/mol. The van der Waals surface area contributed by atoms with Crippen molar-refractivity contribution in [1.29, 1.82) is 0 Å². The van der Waals surface area contributed by atoms with Crippen LogP contribution in [0.15, 0.2) is 0 Å². The Morgan fingerprint density at radius 2 is 1.33 bits per heavy atom. The normalized spacial score (nSPS) is 12.8. The molecular formula is C10H22S8. The zero-order valence-electron chi connectivity index (χ0n) is 10.3. The Balaban J connectivity index is 2.98. The van der Waals surface area contributed by atoms with E-state index < -0.39 is 0 Å². The number of thiol groups is 3. The van der Waals surface area contributed by atoms with E-state index in [1.165, 1.54) is 40.9 Å². The highest BCUT2D eigenvalue weighted by Gasteiger charge is 2.01. The highest BCUT2D eigenvalue weighted by Crippen LogP contribution is 2.28. The summed E-state index contributed by atoms with van der Waals surface area (Å²) in [5.74, 6) is 5.03. The van der Waals surface area contributed by atoms with Crippen LogP contribution in [0.3, 0.4) is 0 Å². The molecule has 0 spiro atoms. The molecule has 0 N–H and O–H groups in total. The minimum atomic E-state index is 0.395. The number of rotatable bonds is 14. The summed E-state index contributed by atoms with van der Waals surface area (Å²) in [6, 6.07) is 0. The summed E-state index contributed by atoms with van der Waals surface area (Å²) >= 11 is 22.6. The van der Waals surface area contributed by atoms with Gasteiger partial charge in [0, 0.05) is 15.3 Å². The van der Waals surface area contributed by atoms with Gasteiger partial charge in [0.25, 0.3) is 0 Å². The van der Waals surface area contributed by atoms with Gasteiger partial charge in [0.1, 0.15) is 0 Å². The molecule has 0 aliphatic heterocycles. The summed E-state index contributed by atoms with van der Waals surface area (Å²) < 4.78 is 0.395. The maximum atomic E-state index is 4.47. The third-order valence-corrected chi connectivity index (χ3v) is 8.94. The lowest BCUT2D eigenvalue weighted by molar-refractivity contribution is 1.12. The van der Waals surface area contributed by atoms with Gasteiger partial charge in [-0.1, -0.05) is 0 Å². The van der Waals surface area contributed by atoms with Crippen LogP contribution in [-0.4, -0.2) is 42.2 Å². The third-order valence-electron chi connectivity index (χ3n) is 1.75. The maximum Gasteiger partial charge on any atom is 0.0935 e. The van der Waals surface area contributed by atoms with E-state index in [1.807, 2.05) is 23.5 Å². The minimum absolute atomic E-state index is 0.395. The van der Waals surface area contributed by atoms with Crippen molar-refractivity contribution >= 4 is 96.7 Å². The highest BCUT2D eigenvalue weighted by molar-refractivity contribution is 8.30. The number of hydrogen-bond acceptors (Lipinski definition) is 8. The van der Waals surface area contributed by atoms with Crippen LogP contribution in [0.5, 0.6) is 0 Å². The van der Waals surface area contributed by atoms with Crippen molar-refractivity contribution in [3.05, 3.63) is 0 Å². The van der Waals surface area contributed by atoms with E-state index in [-0.39, 0.29) is 0 Å². The van der Waals surface area contributed by atoms with E-state index in [2.05, 4.69) is 61.4 Å². The fourth-order valence-corrected chi connectivity index (χ4v) is 7.46. The van der Waals surface area contributed by atoms with Crippen LogP contribution in [0.1, 0.15) is 12.8 Å². The molecule has 0 saturated heterocycles. The Bertz CT molecular complexity index is 157. The van der Waals surface area contributed by atoms with Gasteiger partial charge in [0.15, 0.2) is 0 Å². The van der Waals surface area contributed by atoms with Gasteiger partial charge in [-0.15, -0.1) is 23.5 Å². The quantitative estimate of drug-likeness (QED) is 0.203. The first-order valence-corrected chi connectivity index (χ1v) is 13.0. The Morgan fingerprint density at radius 1 is 0.722 bits per heavy atom. The summed E-state index contributed by atoms with van der Waals surface area (Å²) in [5, 5.41) is 3.05. The molecule has 0 fully saturated rings. The van der Waals surface area contributed by atoms with Gasteiger partial charge in [-0.3, -0.25) is 0 Å². The maximum absolute atomic E-state index is 4.47. The Morgan fingerprint density at radius 3 is 1.94 bits per heavy atom. The Hall–Kier alpha value is 2.80. The van der Waals surface area contributed by atoms with Gasteiger partial charge in [-0.05, 0) is 35.9 Å². The molecule has 18 heavy (non-hydrogen) atoms. The minimum Gasteiger partial charge on any atom is -0.168 e. The van der Waals surface area contributed by atoms with Crippen LogP contribution in [0.4, 0.5) is 0 Å². The fraction of sp³-hybridized carbons (Fsp3) is 1.00. The molecular weight excluding hydrogens is 377 g/mol. The van der Waals surface area contributed by atoms with Crippen molar-refractivity contribution in [2.24, 2.45) is 0 Å². The molecule has 0 aliphatic rings. The molecule has 0 saturated carbocycles. The molecule has 0 aromatic heterocycles. The molecule has 1 unspecified atom stereocenters. The zero-order chi connectivity index (χ0) is 13.5. The predicted octanol–water partition coefficient (Wildman–Crippen LogP) is 5.38. The second-order valence-electron chi connectivity index (χ2n) is 3.15. The van der Waals surface area contributed by atoms with Crippen molar-refractivity contribution < 1.29 is 0 Å². The Kier molecular flexibility index (Phi) is 20.6. The topological polar surface area (TPSA) is 0 Å². The van der Waals surface area contributed by atoms with E-state index in [1.54, 1.807) is 11.8 Å². The van der Waals surface area contributed by atoms with Crippen molar-refractivity contribution in [2.75, 3.05) is 38.3 Å². The van der Waals surface area contributed by atoms with E-state index in [9.17, 15) is 0 Å². The van der Waals surface area contributed by atoms with Gasteiger partial charge in [0.2, 0.25) is 0 Å². The number of thioether (sulfide) groups is 5. The standard InChI is InChI=1S/C10H22S8/c11-7-14-3-1-4-15-9-16-5-2-6-17-10(13)18-8-12/h10-13H,1-9H2. The van der Waals surface area contributed by atoms with Crippen molar-refractivity contribution in [3.8, 4) is 0 Å². The van der Waals surface area contributed by atoms with Gasteiger partial charge < -0.3 is 0 Å². The van der Waals surface area contributed by atoms with E-state index in [4.69, 9.17) is 0 Å². The molecule has 0 heterocycles. The van der Waals surface area contributed by atoms with Gasteiger partial charge >= 0.3 is 0 Å². The molecule has 8 heteroatoms. The summed E-state index contributed by atoms with van der Waals surface area (Å²) in [7, 11) is 0. The van der Waals surface area contributed by atoms with E-state index in [0.717, 1.165) is 10.2 Å². The van der Waals surface area contributed by atoms with Crippen molar-refractivity contribution in [3.63, 3.8) is 0 Å². The van der Waals surface area contributed by atoms with Crippen LogP contribution in [0.2, 0.25) is 0 Å². The van der Waals surface area contributed by atoms with Crippen molar-refractivity contribution in [1.82, 2.24) is 0 Å². The summed E-state index contributed by atoms with van der Waals surface area (Å²) in [6.07, 6.45) is 2.60. The lowest BCUT2D eigenvalue weighted by atomic mass is 10.6. The first-order valence-electron chi connectivity index (χ1n) is 5.67. The van der Waals surface area contributed by atoms with Crippen LogP contribution in [0, 0.1) is 0 Å². The second kappa shape index (κ2) is 17.9. The van der Waals surface area contributed by atoms with Crippen LogP contribution in [-0.2, 0) is 0 Å². The SMILES string of the molecule is SCSCCCSCSCCCSC(S)SCS. The van der Waals surface area contributed by atoms with Crippen LogP contribution >= 0.6 is 96.7 Å². The molecule has 0 radical (unpaired) electrons. The molecule has 0 aromatic rings. The average molecular weight is 399 g/mol. The van der Waals surface area contributed by atoms with Crippen LogP contribution < -0.4 is 0 Å². The van der Waals surface area contributed by atoms with Gasteiger partial charge in [-0.2, -0.15) is 73.2 Å². The molecule has 0 nitrogen and oxygen atoms in total. The third kappa shape index (κ3) is 16.9. The molecule has 110 valence electrons. The molecule has 1 atom stereocenters. The summed E-state index contributed by atoms with van der Waals surface area (Å²) in [5.41, 5.74) is 0. The van der Waals surface area contributed by atoms with Crippen molar-refractivity contribution in [2.45, 2.75) is 16.8 Å². The molecule has 0 amide bonds. The molecule has 0 rings (SSSR count). The van der Waals surface area contributed by atoms with E-state index in [0.29, 0.717) is 3.91 Å². The highest BCUT2D eigenvalue weighted by atomic mass is 32.3. The Labute approximate surface area is 150 Å². The van der Waals surface area contributed by atoms with Gasteiger partial charge in [0.05, 0.1) is 3.91 Å². The largest absolute Gasteiger partial charge is 0.168 e. The lowest BCUT2D eigenvalue weighted by Crippen LogP contribution is -1.91. The van der Waals surface area contributed by atoms with Gasteiger partial charge in [-0.25, -0.2) is 0 Å². The molecule has 0 aliphatic carbocycles. The van der Waals surface area contributed by atoms with Crippen LogP contribution in [0.25, 0.3) is 0 Å². The average Bonchev–Trinajstić information content (AvgIpc) is 2.36. The first kappa shape index (κ1) is 20.8. The first-order chi connectivity index (χ1) is 8.81. The zero-order valence-corrected chi connectivity index (χ0v) is 17.1. The fourth-order valence-electron chi connectivity index (χ4n) is 0.961. The second-order valence-corrected chi connectivity index (χ2v) is 12.1. The molecule has 0 aromatic carbocycles. The smallest absolute Gasteiger partial charge is 0.0935 e. The number of hydrogen-bond donors (Lipinski definition) is 3. The summed E-state index contributed by atoms with van der Waals surface area (Å²) in [4.78, 5) is 0. The summed E-state index contributed by atoms with van der Waals surface area (Å²) in [6.45, 7) is 0. The lowest BCUT2D eigenvalue weighted by Gasteiger charge is -2.07. The predicted molar refractivity (Wildman–Crippen MR) is 112 cm³/mol. The molecule has 0 bridgehead atoms.